The van der Waals surface area contributed by atoms with Crippen LogP contribution in [-0.4, -0.2) is 92.4 Å². The van der Waals surface area contributed by atoms with Crippen LogP contribution in [0, 0.1) is 11.8 Å². The molecule has 3 amide bonds. The molecular formula is C35H39N5O5. The number of nitrogens with zero attached hydrogens (tertiary/aromatic N) is 3. The summed E-state index contributed by atoms with van der Waals surface area (Å²) in [4.78, 5) is 51.2. The number of aromatic nitrogens is 1. The zero-order chi connectivity index (χ0) is 31.2. The minimum absolute atomic E-state index is 0.138. The van der Waals surface area contributed by atoms with E-state index >= 15 is 0 Å². The second-order valence-corrected chi connectivity index (χ2v) is 13.6. The fraction of sp³-hybridized carbons (Fsp3) is 0.457. The Hall–Kier alpha value is -3.99. The SMILES string of the molecule is CC(C)[C@@]1(NC(=O)[C@@H]2C=C3c4cccc5[nH]cc(c45)C[C@H]3N(C)C2)OC2(O)[C@@H]3CCCN3C(=O)[C@H](Cc3ccccc3)N2C1=O. The molecule has 1 aromatic heterocycles. The lowest BCUT2D eigenvalue weighted by atomic mass is 9.79. The number of piperazine rings is 1. The lowest BCUT2D eigenvalue weighted by molar-refractivity contribution is -0.321. The number of likely N-dealkylation sites (N-methyl/N-ethyl adjacent to an activating group) is 1. The number of ether oxygens (including phenoxy) is 1. The summed E-state index contributed by atoms with van der Waals surface area (Å²) in [5, 5.41) is 16.5. The summed E-state index contributed by atoms with van der Waals surface area (Å²) in [5.41, 5.74) is 3.59. The number of nitrogens with one attached hydrogen (secondary N) is 2. The first kappa shape index (κ1) is 28.5. The molecule has 3 fully saturated rings. The van der Waals surface area contributed by atoms with Crippen molar-refractivity contribution < 1.29 is 24.2 Å². The molecule has 10 nitrogen and oxygen atoms in total. The first-order valence-electron chi connectivity index (χ1n) is 16.1. The number of fused-ring (bicyclic) bond motifs is 5. The lowest BCUT2D eigenvalue weighted by Gasteiger charge is -2.48. The molecule has 234 valence electrons. The molecule has 0 spiro atoms. The van der Waals surface area contributed by atoms with E-state index in [1.165, 1.54) is 15.8 Å². The minimum atomic E-state index is -2.06. The van der Waals surface area contributed by atoms with Crippen molar-refractivity contribution in [1.29, 1.82) is 0 Å². The summed E-state index contributed by atoms with van der Waals surface area (Å²) in [6.45, 7) is 4.56. The van der Waals surface area contributed by atoms with Crippen LogP contribution in [0.15, 0.2) is 60.8 Å². The Morgan fingerprint density at radius 1 is 1.16 bits per heavy atom. The molecule has 45 heavy (non-hydrogen) atoms. The highest BCUT2D eigenvalue weighted by atomic mass is 16.7. The molecule has 5 heterocycles. The van der Waals surface area contributed by atoms with E-state index in [1.54, 1.807) is 18.7 Å². The molecule has 1 aliphatic carbocycles. The van der Waals surface area contributed by atoms with Gasteiger partial charge in [0.1, 0.15) is 12.1 Å². The van der Waals surface area contributed by atoms with E-state index in [2.05, 4.69) is 33.5 Å². The lowest BCUT2D eigenvalue weighted by Crippen LogP contribution is -2.71. The largest absolute Gasteiger partial charge is 0.361 e. The highest BCUT2D eigenvalue weighted by Gasteiger charge is 2.72. The molecule has 6 atom stereocenters. The molecule has 4 aliphatic heterocycles. The van der Waals surface area contributed by atoms with Crippen molar-refractivity contribution >= 4 is 34.2 Å². The van der Waals surface area contributed by atoms with Crippen molar-refractivity contribution in [2.75, 3.05) is 20.1 Å². The summed E-state index contributed by atoms with van der Waals surface area (Å²) < 4.78 is 6.49. The first-order chi connectivity index (χ1) is 21.6. The third-order valence-electron chi connectivity index (χ3n) is 10.8. The van der Waals surface area contributed by atoms with E-state index in [-0.39, 0.29) is 24.3 Å². The Bertz CT molecular complexity index is 1750. The molecule has 0 radical (unpaired) electrons. The van der Waals surface area contributed by atoms with Gasteiger partial charge < -0.3 is 20.3 Å². The van der Waals surface area contributed by atoms with Crippen LogP contribution < -0.4 is 5.32 Å². The smallest absolute Gasteiger partial charge is 0.281 e. The van der Waals surface area contributed by atoms with Crippen LogP contribution in [-0.2, 0) is 32.0 Å². The molecule has 3 N–H and O–H groups in total. The van der Waals surface area contributed by atoms with Gasteiger partial charge in [-0.3, -0.25) is 28.9 Å². The zero-order valence-electron chi connectivity index (χ0n) is 25.8. The average Bonchev–Trinajstić information content (AvgIpc) is 3.74. The third-order valence-corrected chi connectivity index (χ3v) is 10.8. The minimum Gasteiger partial charge on any atom is -0.361 e. The Labute approximate surface area is 262 Å². The predicted octanol–water partition coefficient (Wildman–Crippen LogP) is 2.63. The van der Waals surface area contributed by atoms with Crippen LogP contribution >= 0.6 is 0 Å². The number of amides is 3. The second-order valence-electron chi connectivity index (χ2n) is 13.6. The van der Waals surface area contributed by atoms with E-state index < -0.39 is 41.5 Å². The van der Waals surface area contributed by atoms with Crippen molar-refractivity contribution in [1.82, 2.24) is 25.0 Å². The number of aliphatic hydroxyl groups is 1. The molecule has 1 unspecified atom stereocenters. The Kier molecular flexibility index (Phi) is 6.33. The van der Waals surface area contributed by atoms with Crippen LogP contribution in [0.4, 0.5) is 0 Å². The summed E-state index contributed by atoms with van der Waals surface area (Å²) in [6, 6.07) is 14.2. The van der Waals surface area contributed by atoms with Gasteiger partial charge in [-0.2, -0.15) is 0 Å². The van der Waals surface area contributed by atoms with Gasteiger partial charge in [-0.1, -0.05) is 62.4 Å². The summed E-state index contributed by atoms with van der Waals surface area (Å²) in [5.74, 6) is -4.27. The van der Waals surface area contributed by atoms with Crippen molar-refractivity contribution in [3.8, 4) is 0 Å². The number of hydrogen-bond donors (Lipinski definition) is 3. The van der Waals surface area contributed by atoms with Gasteiger partial charge in [-0.05, 0) is 54.6 Å². The first-order valence-corrected chi connectivity index (χ1v) is 16.1. The molecule has 3 aromatic rings. The fourth-order valence-corrected chi connectivity index (χ4v) is 8.47. The molecular weight excluding hydrogens is 570 g/mol. The van der Waals surface area contributed by atoms with Crippen LogP contribution in [0.2, 0.25) is 0 Å². The number of aromatic amines is 1. The number of carbonyl (C=O) groups excluding carboxylic acids is 3. The Morgan fingerprint density at radius 3 is 2.73 bits per heavy atom. The predicted molar refractivity (Wildman–Crippen MR) is 167 cm³/mol. The van der Waals surface area contributed by atoms with Crippen molar-refractivity contribution in [3.63, 3.8) is 0 Å². The molecule has 0 saturated carbocycles. The van der Waals surface area contributed by atoms with Crippen molar-refractivity contribution in [2.45, 2.75) is 69.3 Å². The normalized spacial score (nSPS) is 32.5. The number of rotatable bonds is 5. The van der Waals surface area contributed by atoms with Crippen LogP contribution in [0.1, 0.15) is 43.4 Å². The van der Waals surface area contributed by atoms with Gasteiger partial charge in [0.25, 0.3) is 11.8 Å². The maximum Gasteiger partial charge on any atom is 0.281 e. The molecule has 0 bridgehead atoms. The maximum atomic E-state index is 14.6. The Morgan fingerprint density at radius 2 is 1.96 bits per heavy atom. The summed E-state index contributed by atoms with van der Waals surface area (Å²) in [6.07, 6.45) is 6.40. The van der Waals surface area contributed by atoms with Gasteiger partial charge in [-0.15, -0.1) is 0 Å². The van der Waals surface area contributed by atoms with E-state index in [1.807, 2.05) is 49.5 Å². The molecule has 5 aliphatic rings. The van der Waals surface area contributed by atoms with Gasteiger partial charge in [0.05, 0.1) is 5.92 Å². The number of H-pyrrole nitrogens is 1. The second kappa shape index (κ2) is 10.0. The van der Waals surface area contributed by atoms with Crippen molar-refractivity contribution in [3.05, 3.63) is 77.5 Å². The monoisotopic (exact) mass is 609 g/mol. The third kappa shape index (κ3) is 4.01. The van der Waals surface area contributed by atoms with Gasteiger partial charge >= 0.3 is 0 Å². The van der Waals surface area contributed by atoms with E-state index in [0.717, 1.165) is 28.6 Å². The van der Waals surface area contributed by atoms with E-state index in [9.17, 15) is 19.5 Å². The average molecular weight is 610 g/mol. The maximum absolute atomic E-state index is 14.6. The van der Waals surface area contributed by atoms with E-state index in [4.69, 9.17) is 4.74 Å². The zero-order valence-corrected chi connectivity index (χ0v) is 25.8. The summed E-state index contributed by atoms with van der Waals surface area (Å²) >= 11 is 0. The van der Waals surface area contributed by atoms with Crippen LogP contribution in [0.5, 0.6) is 0 Å². The quantitative estimate of drug-likeness (QED) is 0.410. The van der Waals surface area contributed by atoms with Gasteiger partial charge in [0.15, 0.2) is 0 Å². The summed E-state index contributed by atoms with van der Waals surface area (Å²) in [7, 11) is 2.03. The topological polar surface area (TPSA) is 118 Å². The van der Waals surface area contributed by atoms with Crippen molar-refractivity contribution in [2.24, 2.45) is 11.8 Å². The van der Waals surface area contributed by atoms with Gasteiger partial charge in [0.2, 0.25) is 17.5 Å². The molecule has 10 heteroatoms. The molecule has 2 aromatic carbocycles. The van der Waals surface area contributed by atoms with E-state index in [0.29, 0.717) is 25.9 Å². The molecule has 8 rings (SSSR count). The number of hydrogen-bond acceptors (Lipinski definition) is 6. The highest BCUT2D eigenvalue weighted by molar-refractivity contribution is 6.01. The highest BCUT2D eigenvalue weighted by Crippen LogP contribution is 2.48. The van der Waals surface area contributed by atoms with Crippen LogP contribution in [0.25, 0.3) is 16.5 Å². The molecule has 3 saturated heterocycles. The number of carbonyl (C=O) groups is 3. The van der Waals surface area contributed by atoms with Gasteiger partial charge in [-0.25, -0.2) is 0 Å². The van der Waals surface area contributed by atoms with Gasteiger partial charge in [0, 0.05) is 48.6 Å². The fourth-order valence-electron chi connectivity index (χ4n) is 8.47. The van der Waals surface area contributed by atoms with Crippen LogP contribution in [0.3, 0.4) is 0 Å². The standard InChI is InChI=1S/C35H39N5O5/c1-20(2)34(37-31(41)23-16-25-24-11-7-12-26-30(24)22(18-36-26)17-27(25)38(3)19-23)33(43)40-28(15-21-9-5-4-6-10-21)32(42)39-14-8-13-29(39)35(40,44)45-34/h4-7,9-12,16,18,20,23,27-29,36,44H,8,13-15,17,19H2,1-3H3,(H,37,41)/t23-,27-,28+,29+,34-,35?/m1/s1. The number of benzene rings is 2. The Balaban J connectivity index is 1.15.